The lowest BCUT2D eigenvalue weighted by Gasteiger charge is -2.19. The molecule has 90 valence electrons. The second-order valence-corrected chi connectivity index (χ2v) is 4.49. The maximum Gasteiger partial charge on any atom is 0.295 e. The summed E-state index contributed by atoms with van der Waals surface area (Å²) in [6.45, 7) is 8.13. The van der Waals surface area contributed by atoms with Crippen molar-refractivity contribution in [3.05, 3.63) is 21.9 Å². The van der Waals surface area contributed by atoms with Gasteiger partial charge in [0.2, 0.25) is 5.75 Å². The molecule has 16 heavy (non-hydrogen) atoms. The Labute approximate surface area is 96.3 Å². The van der Waals surface area contributed by atoms with Gasteiger partial charge in [-0.15, -0.1) is 0 Å². The van der Waals surface area contributed by atoms with Crippen molar-refractivity contribution in [3.63, 3.8) is 0 Å². The van der Waals surface area contributed by atoms with Gasteiger partial charge in [-0.3, -0.25) is 9.36 Å². The van der Waals surface area contributed by atoms with Gasteiger partial charge in [-0.05, 0) is 12.8 Å². The van der Waals surface area contributed by atoms with Crippen molar-refractivity contribution in [1.29, 1.82) is 0 Å². The van der Waals surface area contributed by atoms with Crippen molar-refractivity contribution in [2.24, 2.45) is 13.0 Å². The molecule has 0 aliphatic heterocycles. The molecule has 0 bridgehead atoms. The van der Waals surface area contributed by atoms with Crippen molar-refractivity contribution in [1.82, 2.24) is 9.55 Å². The lowest BCUT2D eigenvalue weighted by atomic mass is 9.97. The average molecular weight is 224 g/mol. The molecule has 0 fully saturated rings. The standard InChI is InChI=1S/C12H20N2O2/c1-7(2)8(3)11-13-9(4)10(16-6)12(15)14(11)5/h7-8H,1-6H3. The van der Waals surface area contributed by atoms with E-state index >= 15 is 0 Å². The predicted octanol–water partition coefficient (Wildman–Crippen LogP) is 1.86. The largest absolute Gasteiger partial charge is 0.490 e. The van der Waals surface area contributed by atoms with Crippen LogP contribution in [0.5, 0.6) is 5.75 Å². The van der Waals surface area contributed by atoms with Crippen molar-refractivity contribution in [2.75, 3.05) is 7.11 Å². The summed E-state index contributed by atoms with van der Waals surface area (Å²) in [5, 5.41) is 0. The van der Waals surface area contributed by atoms with Gasteiger partial charge in [0, 0.05) is 13.0 Å². The van der Waals surface area contributed by atoms with Crippen LogP contribution in [-0.2, 0) is 7.05 Å². The molecular formula is C12H20N2O2. The number of ether oxygens (including phenoxy) is 1. The molecule has 4 heteroatoms. The number of hydrogen-bond acceptors (Lipinski definition) is 3. The minimum Gasteiger partial charge on any atom is -0.490 e. The van der Waals surface area contributed by atoms with E-state index in [2.05, 4.69) is 25.8 Å². The molecule has 0 spiro atoms. The zero-order valence-corrected chi connectivity index (χ0v) is 10.9. The molecule has 0 aliphatic rings. The van der Waals surface area contributed by atoms with Crippen molar-refractivity contribution in [2.45, 2.75) is 33.6 Å². The van der Waals surface area contributed by atoms with Crippen molar-refractivity contribution < 1.29 is 4.74 Å². The summed E-state index contributed by atoms with van der Waals surface area (Å²) in [6.07, 6.45) is 0. The Bertz CT molecular complexity index is 435. The molecule has 1 atom stereocenters. The molecule has 1 rings (SSSR count). The molecule has 0 aromatic carbocycles. The van der Waals surface area contributed by atoms with Crippen LogP contribution in [0, 0.1) is 12.8 Å². The fourth-order valence-electron chi connectivity index (χ4n) is 1.65. The first-order chi connectivity index (χ1) is 7.40. The summed E-state index contributed by atoms with van der Waals surface area (Å²) in [4.78, 5) is 16.4. The molecule has 4 nitrogen and oxygen atoms in total. The van der Waals surface area contributed by atoms with E-state index in [0.29, 0.717) is 17.4 Å². The van der Waals surface area contributed by atoms with Gasteiger partial charge in [0.25, 0.3) is 5.56 Å². The summed E-state index contributed by atoms with van der Waals surface area (Å²) < 4.78 is 6.64. The van der Waals surface area contributed by atoms with Crippen LogP contribution in [0.2, 0.25) is 0 Å². The predicted molar refractivity (Wildman–Crippen MR) is 64.0 cm³/mol. The highest BCUT2D eigenvalue weighted by Gasteiger charge is 2.18. The van der Waals surface area contributed by atoms with Gasteiger partial charge in [-0.1, -0.05) is 20.8 Å². The highest BCUT2D eigenvalue weighted by molar-refractivity contribution is 5.25. The Hall–Kier alpha value is -1.32. The maximum absolute atomic E-state index is 12.0. The molecule has 1 aromatic rings. The van der Waals surface area contributed by atoms with Gasteiger partial charge in [0.15, 0.2) is 0 Å². The third kappa shape index (κ3) is 2.10. The number of methoxy groups -OCH3 is 1. The summed E-state index contributed by atoms with van der Waals surface area (Å²) in [5.74, 6) is 1.86. The topological polar surface area (TPSA) is 44.1 Å². The second kappa shape index (κ2) is 4.68. The van der Waals surface area contributed by atoms with Crippen LogP contribution in [0.4, 0.5) is 0 Å². The summed E-state index contributed by atoms with van der Waals surface area (Å²) in [5.41, 5.74) is 0.547. The van der Waals surface area contributed by atoms with E-state index in [1.807, 2.05) is 0 Å². The van der Waals surface area contributed by atoms with Crippen molar-refractivity contribution >= 4 is 0 Å². The summed E-state index contributed by atoms with van der Waals surface area (Å²) in [7, 11) is 3.24. The SMILES string of the molecule is COc1c(C)nc(C(C)C(C)C)n(C)c1=O. The quantitative estimate of drug-likeness (QED) is 0.787. The molecule has 0 saturated carbocycles. The number of nitrogens with zero attached hydrogens (tertiary/aromatic N) is 2. The Morgan fingerprint density at radius 3 is 2.31 bits per heavy atom. The number of aromatic nitrogens is 2. The molecule has 0 radical (unpaired) electrons. The third-order valence-electron chi connectivity index (χ3n) is 3.06. The van der Waals surface area contributed by atoms with Crippen LogP contribution >= 0.6 is 0 Å². The Morgan fingerprint density at radius 2 is 1.88 bits per heavy atom. The van der Waals surface area contributed by atoms with Crippen LogP contribution < -0.4 is 10.3 Å². The van der Waals surface area contributed by atoms with Crippen LogP contribution in [0.25, 0.3) is 0 Å². The minimum atomic E-state index is -0.113. The fraction of sp³-hybridized carbons (Fsp3) is 0.667. The van der Waals surface area contributed by atoms with Gasteiger partial charge in [-0.2, -0.15) is 0 Å². The van der Waals surface area contributed by atoms with Gasteiger partial charge in [0.1, 0.15) is 5.82 Å². The average Bonchev–Trinajstić information content (AvgIpc) is 2.23. The molecule has 0 aliphatic carbocycles. The maximum atomic E-state index is 12.0. The van der Waals surface area contributed by atoms with Crippen LogP contribution in [0.3, 0.4) is 0 Å². The lowest BCUT2D eigenvalue weighted by molar-refractivity contribution is 0.390. The van der Waals surface area contributed by atoms with E-state index in [4.69, 9.17) is 4.74 Å². The van der Waals surface area contributed by atoms with Crippen LogP contribution in [0.15, 0.2) is 4.79 Å². The fourth-order valence-corrected chi connectivity index (χ4v) is 1.65. The van der Waals surface area contributed by atoms with E-state index in [0.717, 1.165) is 5.82 Å². The van der Waals surface area contributed by atoms with E-state index < -0.39 is 0 Å². The number of hydrogen-bond donors (Lipinski definition) is 0. The zero-order valence-electron chi connectivity index (χ0n) is 10.9. The van der Waals surface area contributed by atoms with Crippen LogP contribution in [0.1, 0.15) is 38.2 Å². The summed E-state index contributed by atoms with van der Waals surface area (Å²) in [6, 6.07) is 0. The van der Waals surface area contributed by atoms with E-state index in [1.165, 1.54) is 7.11 Å². The Morgan fingerprint density at radius 1 is 1.31 bits per heavy atom. The monoisotopic (exact) mass is 224 g/mol. The van der Waals surface area contributed by atoms with E-state index in [-0.39, 0.29) is 11.5 Å². The molecule has 0 saturated heterocycles. The first-order valence-electron chi connectivity index (χ1n) is 5.51. The normalized spacial score (nSPS) is 12.9. The Kier molecular flexibility index (Phi) is 3.73. The van der Waals surface area contributed by atoms with E-state index in [1.54, 1.807) is 18.5 Å². The van der Waals surface area contributed by atoms with Gasteiger partial charge in [-0.25, -0.2) is 4.98 Å². The van der Waals surface area contributed by atoms with Crippen LogP contribution in [-0.4, -0.2) is 16.7 Å². The summed E-state index contributed by atoms with van der Waals surface area (Å²) >= 11 is 0. The minimum absolute atomic E-state index is 0.113. The smallest absolute Gasteiger partial charge is 0.295 e. The molecular weight excluding hydrogens is 204 g/mol. The van der Waals surface area contributed by atoms with Gasteiger partial charge < -0.3 is 4.74 Å². The van der Waals surface area contributed by atoms with Crippen molar-refractivity contribution in [3.8, 4) is 5.75 Å². The first-order valence-corrected chi connectivity index (χ1v) is 5.51. The highest BCUT2D eigenvalue weighted by atomic mass is 16.5. The van der Waals surface area contributed by atoms with Gasteiger partial charge >= 0.3 is 0 Å². The number of aryl methyl sites for hydroxylation is 1. The molecule has 1 unspecified atom stereocenters. The number of rotatable bonds is 3. The first kappa shape index (κ1) is 12.7. The molecule has 0 N–H and O–H groups in total. The third-order valence-corrected chi connectivity index (χ3v) is 3.06. The molecule has 1 heterocycles. The second-order valence-electron chi connectivity index (χ2n) is 4.49. The van der Waals surface area contributed by atoms with E-state index in [9.17, 15) is 4.79 Å². The van der Waals surface area contributed by atoms with Gasteiger partial charge in [0.05, 0.1) is 12.8 Å². The molecule has 0 amide bonds. The highest BCUT2D eigenvalue weighted by Crippen LogP contribution is 2.22. The molecule has 1 aromatic heterocycles. The zero-order chi connectivity index (χ0) is 12.5. The Balaban J connectivity index is 3.40. The lowest BCUT2D eigenvalue weighted by Crippen LogP contribution is -2.27.